The van der Waals surface area contributed by atoms with Crippen LogP contribution in [-0.2, 0) is 16.6 Å². The number of nitrogens with zero attached hydrogens (tertiary/aromatic N) is 3. The zero-order valence-corrected chi connectivity index (χ0v) is 20.4. The summed E-state index contributed by atoms with van der Waals surface area (Å²) < 4.78 is 27.5. The summed E-state index contributed by atoms with van der Waals surface area (Å²) in [5, 5.41) is 6.53. The van der Waals surface area contributed by atoms with E-state index in [1.54, 1.807) is 7.05 Å². The van der Waals surface area contributed by atoms with Gasteiger partial charge in [-0.25, -0.2) is 8.78 Å². The van der Waals surface area contributed by atoms with E-state index in [0.717, 1.165) is 17.2 Å². The number of nitrogens with two attached hydrogens (primary N) is 1. The molecule has 7 nitrogen and oxygen atoms in total. The monoisotopic (exact) mass is 465 g/mol. The molecule has 33 heavy (non-hydrogen) atoms. The van der Waals surface area contributed by atoms with Gasteiger partial charge in [-0.05, 0) is 59.7 Å². The minimum Gasteiger partial charge on any atom is -0.352 e. The number of benzene rings is 1. The van der Waals surface area contributed by atoms with Crippen molar-refractivity contribution >= 4 is 12.7 Å². The number of aryl methyl sites for hydroxylation is 1. The van der Waals surface area contributed by atoms with E-state index in [4.69, 9.17) is 5.73 Å². The topological polar surface area (TPSA) is 93.2 Å². The summed E-state index contributed by atoms with van der Waals surface area (Å²) in [7, 11) is 3.89. The second kappa shape index (κ2) is 13.2. The van der Waals surface area contributed by atoms with E-state index < -0.39 is 11.7 Å². The fraction of sp³-hybridized carbons (Fsp3) is 0.542. The molecule has 1 aliphatic rings. The number of aldehydes is 1. The van der Waals surface area contributed by atoms with Crippen molar-refractivity contribution in [1.82, 2.24) is 20.0 Å². The number of halogens is 2. The van der Waals surface area contributed by atoms with Crippen LogP contribution in [0.1, 0.15) is 52.1 Å². The number of hydrogen-bond acceptors (Lipinski definition) is 5. The van der Waals surface area contributed by atoms with Crippen LogP contribution < -0.4 is 11.1 Å². The molecule has 1 saturated heterocycles. The molecule has 2 heterocycles. The molecule has 0 radical (unpaired) electrons. The van der Waals surface area contributed by atoms with Crippen molar-refractivity contribution in [3.05, 3.63) is 41.8 Å². The van der Waals surface area contributed by atoms with Crippen molar-refractivity contribution in [2.24, 2.45) is 12.8 Å². The molecule has 0 aliphatic carbocycles. The first kappa shape index (κ1) is 28.4. The van der Waals surface area contributed by atoms with Gasteiger partial charge in [0.05, 0.1) is 18.3 Å². The molecule has 3 N–H and O–H groups in total. The Hall–Kier alpha value is -2.65. The largest absolute Gasteiger partial charge is 0.352 e. The standard InChI is InChI=1S/C13H14FN3O.C6H13N.C5H10FNO/c1-9(15-8-18)10-3-5-11(6-4-10)13-12(14)7-16-17(13)2;1-6-4-3-5-7(6)2;1-5(2,6)4(7)3-8/h3-9H,1-2H3,(H,15,18);6H,3-5H2,1-2H3;3-4H,7H2,1-2H3. The van der Waals surface area contributed by atoms with E-state index in [2.05, 4.69) is 29.3 Å². The second-order valence-corrected chi connectivity index (χ2v) is 8.79. The van der Waals surface area contributed by atoms with Crippen LogP contribution in [-0.4, -0.2) is 58.7 Å². The van der Waals surface area contributed by atoms with Crippen molar-refractivity contribution in [3.8, 4) is 11.3 Å². The third kappa shape index (κ3) is 9.01. The predicted octanol–water partition coefficient (Wildman–Crippen LogP) is 3.39. The Balaban J connectivity index is 0.000000300. The molecule has 1 aromatic heterocycles. The smallest absolute Gasteiger partial charge is 0.207 e. The summed E-state index contributed by atoms with van der Waals surface area (Å²) in [6.07, 6.45) is 5.06. The summed E-state index contributed by atoms with van der Waals surface area (Å²) in [5.74, 6) is -0.343. The molecular weight excluding hydrogens is 428 g/mol. The van der Waals surface area contributed by atoms with Crippen LogP contribution in [0, 0.1) is 5.82 Å². The fourth-order valence-corrected chi connectivity index (χ4v) is 3.10. The molecule has 1 aromatic carbocycles. The highest BCUT2D eigenvalue weighted by atomic mass is 19.1. The Morgan fingerprint density at radius 1 is 1.24 bits per heavy atom. The van der Waals surface area contributed by atoms with Crippen LogP contribution in [0.4, 0.5) is 8.78 Å². The Morgan fingerprint density at radius 2 is 1.85 bits per heavy atom. The molecule has 3 atom stereocenters. The molecule has 2 aromatic rings. The third-order valence-electron chi connectivity index (χ3n) is 5.72. The average Bonchev–Trinajstić information content (AvgIpc) is 3.31. The molecule has 3 unspecified atom stereocenters. The Labute approximate surface area is 195 Å². The summed E-state index contributed by atoms with van der Waals surface area (Å²) in [6.45, 7) is 8.01. The number of amides is 1. The lowest BCUT2D eigenvalue weighted by Gasteiger charge is -2.16. The van der Waals surface area contributed by atoms with Gasteiger partial charge in [0.2, 0.25) is 6.41 Å². The molecule has 1 amide bonds. The summed E-state index contributed by atoms with van der Waals surface area (Å²) in [4.78, 5) is 22.5. The Bertz CT molecular complexity index is 837. The van der Waals surface area contributed by atoms with Gasteiger partial charge in [-0.2, -0.15) is 5.10 Å². The van der Waals surface area contributed by atoms with Crippen LogP contribution in [0.25, 0.3) is 11.3 Å². The van der Waals surface area contributed by atoms with Gasteiger partial charge in [0.15, 0.2) is 5.82 Å². The molecular formula is C24H37F2N5O2. The molecule has 0 spiro atoms. The number of alkyl halides is 1. The lowest BCUT2D eigenvalue weighted by molar-refractivity contribution is -0.111. The van der Waals surface area contributed by atoms with Gasteiger partial charge in [-0.1, -0.05) is 24.3 Å². The fourth-order valence-electron chi connectivity index (χ4n) is 3.10. The highest BCUT2D eigenvalue weighted by Gasteiger charge is 2.24. The summed E-state index contributed by atoms with van der Waals surface area (Å²) >= 11 is 0. The highest BCUT2D eigenvalue weighted by Crippen LogP contribution is 2.23. The third-order valence-corrected chi connectivity index (χ3v) is 5.72. The number of aromatic nitrogens is 2. The van der Waals surface area contributed by atoms with Gasteiger partial charge >= 0.3 is 0 Å². The second-order valence-electron chi connectivity index (χ2n) is 8.79. The van der Waals surface area contributed by atoms with E-state index in [9.17, 15) is 18.4 Å². The van der Waals surface area contributed by atoms with Gasteiger partial charge in [0, 0.05) is 18.7 Å². The lowest BCUT2D eigenvalue weighted by atomic mass is 10.0. The number of likely N-dealkylation sites (tertiary alicyclic amines) is 1. The van der Waals surface area contributed by atoms with Gasteiger partial charge < -0.3 is 20.7 Å². The normalized spacial score (nSPS) is 17.7. The van der Waals surface area contributed by atoms with Crippen molar-refractivity contribution in [1.29, 1.82) is 0 Å². The van der Waals surface area contributed by atoms with Crippen molar-refractivity contribution in [2.75, 3.05) is 13.6 Å². The first-order chi connectivity index (χ1) is 15.4. The molecule has 1 aliphatic heterocycles. The van der Waals surface area contributed by atoms with Crippen LogP contribution in [0.15, 0.2) is 30.5 Å². The maximum absolute atomic E-state index is 13.5. The van der Waals surface area contributed by atoms with Crippen molar-refractivity contribution < 1.29 is 18.4 Å². The number of carbonyl (C=O) groups excluding carboxylic acids is 2. The number of carbonyl (C=O) groups is 2. The Morgan fingerprint density at radius 3 is 2.15 bits per heavy atom. The van der Waals surface area contributed by atoms with Crippen molar-refractivity contribution in [2.45, 2.75) is 64.3 Å². The van der Waals surface area contributed by atoms with Crippen LogP contribution >= 0.6 is 0 Å². The lowest BCUT2D eigenvalue weighted by Crippen LogP contribution is -2.40. The predicted molar refractivity (Wildman–Crippen MR) is 127 cm³/mol. The van der Waals surface area contributed by atoms with Crippen molar-refractivity contribution in [3.63, 3.8) is 0 Å². The van der Waals surface area contributed by atoms with Gasteiger partial charge in [0.1, 0.15) is 17.6 Å². The van der Waals surface area contributed by atoms with Gasteiger partial charge in [-0.15, -0.1) is 0 Å². The average molecular weight is 466 g/mol. The van der Waals surface area contributed by atoms with Crippen LogP contribution in [0.3, 0.4) is 0 Å². The first-order valence-corrected chi connectivity index (χ1v) is 11.0. The molecule has 1 fully saturated rings. The Kier molecular flexibility index (Phi) is 11.3. The van der Waals surface area contributed by atoms with Crippen LogP contribution in [0.5, 0.6) is 0 Å². The van der Waals surface area contributed by atoms with E-state index in [-0.39, 0.29) is 11.9 Å². The zero-order chi connectivity index (χ0) is 25.2. The van der Waals surface area contributed by atoms with Crippen LogP contribution in [0.2, 0.25) is 0 Å². The quantitative estimate of drug-likeness (QED) is 0.638. The zero-order valence-electron chi connectivity index (χ0n) is 20.4. The number of hydrogen-bond donors (Lipinski definition) is 2. The molecule has 0 saturated carbocycles. The van der Waals surface area contributed by atoms with Gasteiger partial charge in [0.25, 0.3) is 0 Å². The molecule has 3 rings (SSSR count). The summed E-state index contributed by atoms with van der Waals surface area (Å²) in [6, 6.07) is 7.15. The van der Waals surface area contributed by atoms with E-state index >= 15 is 0 Å². The minimum atomic E-state index is -1.58. The van der Waals surface area contributed by atoms with Gasteiger partial charge in [-0.3, -0.25) is 9.48 Å². The minimum absolute atomic E-state index is 0.0621. The van der Waals surface area contributed by atoms with E-state index in [0.29, 0.717) is 18.4 Å². The molecule has 0 bridgehead atoms. The maximum atomic E-state index is 13.5. The SMILES string of the molecule is CC(C)(F)C(N)C=O.CC(NC=O)c1ccc(-c2c(F)cnn2C)cc1.CC1CCCN1C. The highest BCUT2D eigenvalue weighted by molar-refractivity contribution is 5.60. The van der Waals surface area contributed by atoms with E-state index in [1.807, 2.05) is 31.2 Å². The number of rotatable bonds is 6. The van der Waals surface area contributed by atoms with E-state index in [1.165, 1.54) is 44.1 Å². The number of nitrogens with one attached hydrogen (secondary N) is 1. The first-order valence-electron chi connectivity index (χ1n) is 11.0. The summed E-state index contributed by atoms with van der Waals surface area (Å²) in [5.41, 5.74) is 5.61. The maximum Gasteiger partial charge on any atom is 0.207 e. The molecule has 184 valence electrons. The molecule has 9 heteroatoms.